The molecular formula is C13H24N4O2S2. The molecule has 1 heterocycles. The van der Waals surface area contributed by atoms with Crippen LogP contribution in [0.25, 0.3) is 0 Å². The van der Waals surface area contributed by atoms with E-state index in [0.29, 0.717) is 25.6 Å². The molecular weight excluding hydrogens is 308 g/mol. The Hall–Kier alpha value is -1.12. The third-order valence-corrected chi connectivity index (χ3v) is 5.47. The van der Waals surface area contributed by atoms with Gasteiger partial charge in [0.15, 0.2) is 5.96 Å². The molecule has 0 spiro atoms. The van der Waals surface area contributed by atoms with E-state index in [1.165, 1.54) is 9.75 Å². The van der Waals surface area contributed by atoms with Gasteiger partial charge in [0.25, 0.3) is 0 Å². The molecule has 0 aromatic carbocycles. The van der Waals surface area contributed by atoms with Crippen molar-refractivity contribution in [2.75, 3.05) is 25.9 Å². The molecule has 0 saturated carbocycles. The van der Waals surface area contributed by atoms with Crippen LogP contribution in [0.2, 0.25) is 0 Å². The Morgan fingerprint density at radius 2 is 1.90 bits per heavy atom. The minimum absolute atomic E-state index is 0.0954. The zero-order valence-electron chi connectivity index (χ0n) is 12.8. The highest BCUT2D eigenvalue weighted by molar-refractivity contribution is 7.89. The summed E-state index contributed by atoms with van der Waals surface area (Å²) < 4.78 is 25.0. The first-order valence-corrected chi connectivity index (χ1v) is 9.47. The minimum atomic E-state index is -3.13. The normalized spacial score (nSPS) is 12.4. The van der Waals surface area contributed by atoms with E-state index in [-0.39, 0.29) is 5.75 Å². The number of aliphatic imine (C=N–C) groups is 1. The monoisotopic (exact) mass is 332 g/mol. The molecule has 3 N–H and O–H groups in total. The number of nitrogens with zero attached hydrogens (tertiary/aromatic N) is 1. The fraction of sp³-hybridized carbons (Fsp3) is 0.615. The van der Waals surface area contributed by atoms with Crippen molar-refractivity contribution >= 4 is 27.3 Å². The Morgan fingerprint density at radius 3 is 2.48 bits per heavy atom. The first-order valence-electron chi connectivity index (χ1n) is 7.00. The van der Waals surface area contributed by atoms with Gasteiger partial charge in [-0.25, -0.2) is 13.1 Å². The molecule has 1 aromatic rings. The van der Waals surface area contributed by atoms with Crippen molar-refractivity contribution < 1.29 is 8.42 Å². The zero-order valence-corrected chi connectivity index (χ0v) is 14.4. The van der Waals surface area contributed by atoms with E-state index in [0.717, 1.165) is 6.42 Å². The smallest absolute Gasteiger partial charge is 0.211 e. The summed E-state index contributed by atoms with van der Waals surface area (Å²) in [4.78, 5) is 6.72. The van der Waals surface area contributed by atoms with Crippen molar-refractivity contribution in [1.82, 2.24) is 15.4 Å². The van der Waals surface area contributed by atoms with Crippen LogP contribution in [0.1, 0.15) is 23.6 Å². The SMILES string of the molecule is CCc1ccc(CNC(=NC)NCCNS(=O)(=O)CC)s1. The lowest BCUT2D eigenvalue weighted by atomic mass is 10.4. The molecule has 6 nitrogen and oxygen atoms in total. The maximum absolute atomic E-state index is 11.3. The van der Waals surface area contributed by atoms with Gasteiger partial charge in [-0.15, -0.1) is 11.3 Å². The van der Waals surface area contributed by atoms with Crippen LogP contribution < -0.4 is 15.4 Å². The summed E-state index contributed by atoms with van der Waals surface area (Å²) >= 11 is 1.78. The van der Waals surface area contributed by atoms with Crippen LogP contribution in [0.3, 0.4) is 0 Å². The lowest BCUT2D eigenvalue weighted by molar-refractivity contribution is 0.582. The van der Waals surface area contributed by atoms with E-state index >= 15 is 0 Å². The lowest BCUT2D eigenvalue weighted by Crippen LogP contribution is -2.41. The molecule has 0 aliphatic heterocycles. The molecule has 0 bridgehead atoms. The van der Waals surface area contributed by atoms with E-state index in [2.05, 4.69) is 39.4 Å². The predicted octanol–water partition coefficient (Wildman–Crippen LogP) is 0.915. The number of nitrogens with one attached hydrogen (secondary N) is 3. The second-order valence-corrected chi connectivity index (χ2v) is 7.72. The van der Waals surface area contributed by atoms with Gasteiger partial charge in [-0.05, 0) is 25.5 Å². The molecule has 0 aliphatic rings. The van der Waals surface area contributed by atoms with Gasteiger partial charge in [0.1, 0.15) is 0 Å². The number of aryl methyl sites for hydroxylation is 1. The molecule has 0 atom stereocenters. The number of thiophene rings is 1. The maximum atomic E-state index is 11.3. The van der Waals surface area contributed by atoms with Crippen molar-refractivity contribution in [3.05, 3.63) is 21.9 Å². The van der Waals surface area contributed by atoms with Gasteiger partial charge >= 0.3 is 0 Å². The molecule has 1 rings (SSSR count). The number of rotatable bonds is 8. The first kappa shape index (κ1) is 17.9. The minimum Gasteiger partial charge on any atom is -0.355 e. The van der Waals surface area contributed by atoms with Crippen LogP contribution in [0.4, 0.5) is 0 Å². The Labute approximate surface area is 131 Å². The predicted molar refractivity (Wildman–Crippen MR) is 89.4 cm³/mol. The number of guanidine groups is 1. The molecule has 0 saturated heterocycles. The molecule has 0 amide bonds. The van der Waals surface area contributed by atoms with Crippen LogP contribution in [0.5, 0.6) is 0 Å². The summed E-state index contributed by atoms with van der Waals surface area (Å²) in [6.07, 6.45) is 1.05. The molecule has 0 aliphatic carbocycles. The van der Waals surface area contributed by atoms with Gasteiger partial charge in [-0.1, -0.05) is 6.92 Å². The Morgan fingerprint density at radius 1 is 1.19 bits per heavy atom. The number of hydrogen-bond acceptors (Lipinski definition) is 4. The van der Waals surface area contributed by atoms with Crippen LogP contribution in [0.15, 0.2) is 17.1 Å². The molecule has 120 valence electrons. The highest BCUT2D eigenvalue weighted by atomic mass is 32.2. The first-order chi connectivity index (χ1) is 10.0. The highest BCUT2D eigenvalue weighted by Gasteiger charge is 2.05. The summed E-state index contributed by atoms with van der Waals surface area (Å²) in [6.45, 7) is 5.30. The summed E-state index contributed by atoms with van der Waals surface area (Å²) in [5.74, 6) is 0.759. The Kier molecular flexibility index (Phi) is 7.69. The average Bonchev–Trinajstić information content (AvgIpc) is 2.94. The highest BCUT2D eigenvalue weighted by Crippen LogP contribution is 2.16. The second-order valence-electron chi connectivity index (χ2n) is 4.37. The summed E-state index contributed by atoms with van der Waals surface area (Å²) in [6, 6.07) is 4.25. The van der Waals surface area contributed by atoms with Gasteiger partial charge in [-0.3, -0.25) is 4.99 Å². The van der Waals surface area contributed by atoms with Gasteiger partial charge < -0.3 is 10.6 Å². The largest absolute Gasteiger partial charge is 0.355 e. The van der Waals surface area contributed by atoms with Crippen molar-refractivity contribution in [2.24, 2.45) is 4.99 Å². The third kappa shape index (κ3) is 6.92. The van der Waals surface area contributed by atoms with Gasteiger partial charge in [0.05, 0.1) is 12.3 Å². The maximum Gasteiger partial charge on any atom is 0.211 e. The van der Waals surface area contributed by atoms with Crippen molar-refractivity contribution in [2.45, 2.75) is 26.8 Å². The zero-order chi connectivity index (χ0) is 15.7. The standard InChI is InChI=1S/C13H24N4O2S2/c1-4-11-6-7-12(20-11)10-16-13(14-3)15-8-9-17-21(18,19)5-2/h6-7,17H,4-5,8-10H2,1-3H3,(H2,14,15,16). The van der Waals surface area contributed by atoms with Crippen LogP contribution in [0, 0.1) is 0 Å². The number of sulfonamides is 1. The van der Waals surface area contributed by atoms with Crippen molar-refractivity contribution in [3.8, 4) is 0 Å². The van der Waals surface area contributed by atoms with E-state index in [4.69, 9.17) is 0 Å². The fourth-order valence-corrected chi connectivity index (χ4v) is 3.10. The molecule has 0 radical (unpaired) electrons. The van der Waals surface area contributed by atoms with Gasteiger partial charge in [-0.2, -0.15) is 0 Å². The number of hydrogen-bond donors (Lipinski definition) is 3. The van der Waals surface area contributed by atoms with Gasteiger partial charge in [0, 0.05) is 29.9 Å². The fourth-order valence-electron chi connectivity index (χ4n) is 1.59. The summed E-state index contributed by atoms with van der Waals surface area (Å²) in [5.41, 5.74) is 0. The topological polar surface area (TPSA) is 82.6 Å². The van der Waals surface area contributed by atoms with E-state index in [1.54, 1.807) is 25.3 Å². The summed E-state index contributed by atoms with van der Waals surface area (Å²) in [5, 5.41) is 6.28. The average molecular weight is 332 g/mol. The van der Waals surface area contributed by atoms with Crippen LogP contribution >= 0.6 is 11.3 Å². The van der Waals surface area contributed by atoms with Crippen molar-refractivity contribution in [3.63, 3.8) is 0 Å². The van der Waals surface area contributed by atoms with Crippen LogP contribution in [-0.2, 0) is 23.0 Å². The third-order valence-electron chi connectivity index (χ3n) is 2.84. The lowest BCUT2D eigenvalue weighted by Gasteiger charge is -2.11. The Balaban J connectivity index is 2.29. The molecule has 21 heavy (non-hydrogen) atoms. The quantitative estimate of drug-likeness (QED) is 0.375. The second kappa shape index (κ2) is 9.01. The van der Waals surface area contributed by atoms with Crippen LogP contribution in [-0.4, -0.2) is 40.3 Å². The van der Waals surface area contributed by atoms with E-state index in [1.807, 2.05) is 0 Å². The molecule has 8 heteroatoms. The molecule has 0 unspecified atom stereocenters. The Bertz CT molecular complexity index is 552. The summed E-state index contributed by atoms with van der Waals surface area (Å²) in [7, 11) is -1.44. The van der Waals surface area contributed by atoms with Crippen molar-refractivity contribution in [1.29, 1.82) is 0 Å². The molecule has 0 fully saturated rings. The van der Waals surface area contributed by atoms with E-state index < -0.39 is 10.0 Å². The molecule has 1 aromatic heterocycles. The van der Waals surface area contributed by atoms with Gasteiger partial charge in [0.2, 0.25) is 10.0 Å². The van der Waals surface area contributed by atoms with E-state index in [9.17, 15) is 8.42 Å².